The number of carbonyl (C=O) groups is 2. The number of rotatable bonds is 4. The van der Waals surface area contributed by atoms with Crippen LogP contribution in [0.1, 0.15) is 11.9 Å². The van der Waals surface area contributed by atoms with Gasteiger partial charge >= 0.3 is 0 Å². The standard InChI is InChI=1S/C13H16N4O2S/c1-9(18)15-16-12(19)7-17(2)8-13-14-10-5-3-4-6-11(10)20-13/h3-6H,7-8H2,1-2H3,(H,15,18)(H,16,19). The van der Waals surface area contributed by atoms with E-state index in [1.807, 2.05) is 36.2 Å². The van der Waals surface area contributed by atoms with E-state index in [2.05, 4.69) is 15.8 Å². The predicted octanol–water partition coefficient (Wildman–Crippen LogP) is 0.895. The van der Waals surface area contributed by atoms with Crippen molar-refractivity contribution in [1.29, 1.82) is 0 Å². The quantitative estimate of drug-likeness (QED) is 0.821. The summed E-state index contributed by atoms with van der Waals surface area (Å²) in [7, 11) is 1.83. The molecule has 1 heterocycles. The third-order valence-electron chi connectivity index (χ3n) is 2.53. The number of fused-ring (bicyclic) bond motifs is 1. The minimum Gasteiger partial charge on any atom is -0.291 e. The third kappa shape index (κ3) is 4.01. The molecule has 0 radical (unpaired) electrons. The summed E-state index contributed by atoms with van der Waals surface area (Å²) in [6, 6.07) is 7.93. The minimum absolute atomic E-state index is 0.191. The van der Waals surface area contributed by atoms with E-state index in [-0.39, 0.29) is 18.4 Å². The Balaban J connectivity index is 1.89. The Bertz CT molecular complexity index is 593. The van der Waals surface area contributed by atoms with E-state index < -0.39 is 0 Å². The van der Waals surface area contributed by atoms with Gasteiger partial charge in [-0.2, -0.15) is 0 Å². The zero-order valence-corrected chi connectivity index (χ0v) is 12.2. The number of hydrogen-bond donors (Lipinski definition) is 2. The Labute approximate surface area is 120 Å². The summed E-state index contributed by atoms with van der Waals surface area (Å²) in [4.78, 5) is 28.6. The van der Waals surface area contributed by atoms with Crippen molar-refractivity contribution >= 4 is 33.4 Å². The number of nitrogens with zero attached hydrogens (tertiary/aromatic N) is 2. The largest absolute Gasteiger partial charge is 0.291 e. The van der Waals surface area contributed by atoms with Gasteiger partial charge in [0.1, 0.15) is 5.01 Å². The average Bonchev–Trinajstić information content (AvgIpc) is 2.78. The van der Waals surface area contributed by atoms with Crippen LogP contribution in [0.5, 0.6) is 0 Å². The fourth-order valence-corrected chi connectivity index (χ4v) is 2.76. The molecule has 2 aromatic rings. The first-order chi connectivity index (χ1) is 9.54. The average molecular weight is 292 g/mol. The number of thiazole rings is 1. The van der Waals surface area contributed by atoms with Gasteiger partial charge in [-0.3, -0.25) is 25.3 Å². The molecule has 0 unspecified atom stereocenters. The van der Waals surface area contributed by atoms with Gasteiger partial charge in [-0.1, -0.05) is 12.1 Å². The molecule has 2 N–H and O–H groups in total. The number of aromatic nitrogens is 1. The molecule has 1 aromatic carbocycles. The Hall–Kier alpha value is -1.99. The van der Waals surface area contributed by atoms with Crippen LogP contribution in [0, 0.1) is 0 Å². The molecule has 2 amide bonds. The maximum absolute atomic E-state index is 11.5. The molecule has 0 spiro atoms. The van der Waals surface area contributed by atoms with Gasteiger partial charge in [0.05, 0.1) is 23.3 Å². The van der Waals surface area contributed by atoms with Gasteiger partial charge in [0.25, 0.3) is 5.91 Å². The third-order valence-corrected chi connectivity index (χ3v) is 3.56. The topological polar surface area (TPSA) is 74.3 Å². The Morgan fingerprint density at radius 3 is 2.75 bits per heavy atom. The van der Waals surface area contributed by atoms with Gasteiger partial charge in [-0.05, 0) is 19.2 Å². The lowest BCUT2D eigenvalue weighted by Crippen LogP contribution is -2.44. The highest BCUT2D eigenvalue weighted by molar-refractivity contribution is 7.18. The highest BCUT2D eigenvalue weighted by atomic mass is 32.1. The van der Waals surface area contributed by atoms with E-state index in [9.17, 15) is 9.59 Å². The Kier molecular flexibility index (Phi) is 4.65. The Morgan fingerprint density at radius 2 is 2.05 bits per heavy atom. The van der Waals surface area contributed by atoms with Gasteiger partial charge in [0, 0.05) is 6.92 Å². The van der Waals surface area contributed by atoms with Crippen molar-refractivity contribution in [2.45, 2.75) is 13.5 Å². The summed E-state index contributed by atoms with van der Waals surface area (Å²) < 4.78 is 1.14. The minimum atomic E-state index is -0.299. The SMILES string of the molecule is CC(=O)NNC(=O)CN(C)Cc1nc2ccccc2s1. The predicted molar refractivity (Wildman–Crippen MR) is 77.9 cm³/mol. The highest BCUT2D eigenvalue weighted by Crippen LogP contribution is 2.22. The van der Waals surface area contributed by atoms with Crippen LogP contribution in [0.3, 0.4) is 0 Å². The van der Waals surface area contributed by atoms with Crippen molar-refractivity contribution in [3.05, 3.63) is 29.3 Å². The first-order valence-electron chi connectivity index (χ1n) is 6.13. The zero-order valence-electron chi connectivity index (χ0n) is 11.3. The van der Waals surface area contributed by atoms with Crippen LogP contribution in [0.2, 0.25) is 0 Å². The second kappa shape index (κ2) is 6.44. The van der Waals surface area contributed by atoms with Crippen molar-refractivity contribution < 1.29 is 9.59 Å². The summed E-state index contributed by atoms with van der Waals surface area (Å²) in [6.07, 6.45) is 0. The number of amides is 2. The van der Waals surface area contributed by atoms with Crippen LogP contribution in [0.25, 0.3) is 10.2 Å². The van der Waals surface area contributed by atoms with Crippen LogP contribution in [0.4, 0.5) is 0 Å². The summed E-state index contributed by atoms with van der Waals surface area (Å²) >= 11 is 1.62. The van der Waals surface area contributed by atoms with Crippen LogP contribution in [-0.2, 0) is 16.1 Å². The van der Waals surface area contributed by atoms with E-state index in [1.54, 1.807) is 11.3 Å². The zero-order chi connectivity index (χ0) is 14.5. The molecule has 2 rings (SSSR count). The molecule has 0 bridgehead atoms. The number of para-hydroxylation sites is 1. The van der Waals surface area contributed by atoms with Crippen LogP contribution < -0.4 is 10.9 Å². The molecule has 0 saturated carbocycles. The first kappa shape index (κ1) is 14.4. The molecule has 0 aliphatic carbocycles. The summed E-state index contributed by atoms with van der Waals surface area (Å²) in [5, 5.41) is 0.959. The van der Waals surface area contributed by atoms with Crippen molar-refractivity contribution in [2.75, 3.05) is 13.6 Å². The van der Waals surface area contributed by atoms with E-state index in [4.69, 9.17) is 0 Å². The molecule has 1 aromatic heterocycles. The molecule has 0 aliphatic heterocycles. The molecule has 0 atom stereocenters. The second-order valence-corrected chi connectivity index (χ2v) is 5.59. The van der Waals surface area contributed by atoms with Crippen molar-refractivity contribution in [1.82, 2.24) is 20.7 Å². The lowest BCUT2D eigenvalue weighted by Gasteiger charge is -2.14. The van der Waals surface area contributed by atoms with Gasteiger partial charge in [0.2, 0.25) is 5.91 Å². The van der Waals surface area contributed by atoms with Crippen molar-refractivity contribution in [2.24, 2.45) is 0 Å². The highest BCUT2D eigenvalue weighted by Gasteiger charge is 2.10. The normalized spacial score (nSPS) is 10.8. The summed E-state index contributed by atoms with van der Waals surface area (Å²) in [5.41, 5.74) is 5.56. The molecule has 0 saturated heterocycles. The monoisotopic (exact) mass is 292 g/mol. The molecule has 20 heavy (non-hydrogen) atoms. The fraction of sp³-hybridized carbons (Fsp3) is 0.308. The first-order valence-corrected chi connectivity index (χ1v) is 6.94. The van der Waals surface area contributed by atoms with E-state index >= 15 is 0 Å². The number of nitrogens with one attached hydrogen (secondary N) is 2. The van der Waals surface area contributed by atoms with Gasteiger partial charge in [-0.25, -0.2) is 4.98 Å². The molecular weight excluding hydrogens is 276 g/mol. The maximum atomic E-state index is 11.5. The lowest BCUT2D eigenvalue weighted by atomic mass is 10.3. The number of likely N-dealkylation sites (N-methyl/N-ethyl adjacent to an activating group) is 1. The van der Waals surface area contributed by atoms with E-state index in [0.717, 1.165) is 15.2 Å². The lowest BCUT2D eigenvalue weighted by molar-refractivity contribution is -0.128. The fourth-order valence-electron chi connectivity index (χ4n) is 1.72. The molecule has 7 heteroatoms. The van der Waals surface area contributed by atoms with Crippen LogP contribution in [0.15, 0.2) is 24.3 Å². The smallest absolute Gasteiger partial charge is 0.252 e. The number of carbonyl (C=O) groups excluding carboxylic acids is 2. The number of hydrazine groups is 1. The van der Waals surface area contributed by atoms with Crippen molar-refractivity contribution in [3.63, 3.8) is 0 Å². The molecular formula is C13H16N4O2S. The number of benzene rings is 1. The van der Waals surface area contributed by atoms with Gasteiger partial charge in [0.15, 0.2) is 0 Å². The van der Waals surface area contributed by atoms with Gasteiger partial charge in [-0.15, -0.1) is 11.3 Å². The van der Waals surface area contributed by atoms with Crippen molar-refractivity contribution in [3.8, 4) is 0 Å². The maximum Gasteiger partial charge on any atom is 0.252 e. The second-order valence-electron chi connectivity index (χ2n) is 4.48. The Morgan fingerprint density at radius 1 is 1.30 bits per heavy atom. The van der Waals surface area contributed by atoms with Crippen LogP contribution >= 0.6 is 11.3 Å². The van der Waals surface area contributed by atoms with Crippen LogP contribution in [-0.4, -0.2) is 35.3 Å². The van der Waals surface area contributed by atoms with E-state index in [0.29, 0.717) is 6.54 Å². The van der Waals surface area contributed by atoms with E-state index in [1.165, 1.54) is 6.92 Å². The molecule has 106 valence electrons. The summed E-state index contributed by atoms with van der Waals surface area (Å²) in [6.45, 7) is 2.12. The molecule has 0 fully saturated rings. The number of hydrogen-bond acceptors (Lipinski definition) is 5. The van der Waals surface area contributed by atoms with Gasteiger partial charge < -0.3 is 0 Å². The molecule has 0 aliphatic rings. The molecule has 6 nitrogen and oxygen atoms in total. The summed E-state index contributed by atoms with van der Waals surface area (Å²) in [5.74, 6) is -0.559.